The lowest BCUT2D eigenvalue weighted by molar-refractivity contribution is 0.171. The zero-order chi connectivity index (χ0) is 16.7. The van der Waals surface area contributed by atoms with Crippen molar-refractivity contribution < 1.29 is 9.47 Å². The molecule has 1 aromatic carbocycles. The van der Waals surface area contributed by atoms with Crippen LogP contribution in [-0.2, 0) is 6.42 Å². The van der Waals surface area contributed by atoms with Gasteiger partial charge in [-0.2, -0.15) is 0 Å². The van der Waals surface area contributed by atoms with Gasteiger partial charge in [0.2, 0.25) is 0 Å². The van der Waals surface area contributed by atoms with Crippen LogP contribution >= 0.6 is 12.2 Å². The molecule has 0 saturated heterocycles. The fraction of sp³-hybridized carbons (Fsp3) is 0.222. The zero-order valence-corrected chi connectivity index (χ0v) is 14.1. The van der Waals surface area contributed by atoms with Gasteiger partial charge >= 0.3 is 0 Å². The molecular formula is C18H17N3O2S. The van der Waals surface area contributed by atoms with E-state index in [0.717, 1.165) is 39.7 Å². The van der Waals surface area contributed by atoms with Crippen LogP contribution in [0.25, 0.3) is 16.9 Å². The van der Waals surface area contributed by atoms with Crippen molar-refractivity contribution in [1.82, 2.24) is 9.38 Å². The molecule has 0 bridgehead atoms. The standard InChI is InChI=1S/C18H17N3O2S/c1-11-2-5-17-20-18(13(9-16(19)24)21(17)10-11)12-3-4-14-15(8-12)23-7-6-22-14/h2-5,8,10H,6-7,9H2,1H3,(H2,19,24). The van der Waals surface area contributed by atoms with E-state index in [1.807, 2.05) is 37.3 Å². The number of aryl methyl sites for hydroxylation is 1. The summed E-state index contributed by atoms with van der Waals surface area (Å²) in [7, 11) is 0. The van der Waals surface area contributed by atoms with Gasteiger partial charge in [0.05, 0.1) is 16.4 Å². The second-order valence-corrected chi connectivity index (χ2v) is 6.37. The highest BCUT2D eigenvalue weighted by molar-refractivity contribution is 7.80. The van der Waals surface area contributed by atoms with E-state index in [1.54, 1.807) is 0 Å². The SMILES string of the molecule is Cc1ccc2nc(-c3ccc4c(c3)OCCO4)c(CC(N)=S)n2c1. The van der Waals surface area contributed by atoms with Gasteiger partial charge in [0.1, 0.15) is 18.9 Å². The van der Waals surface area contributed by atoms with Gasteiger partial charge in [0, 0.05) is 18.2 Å². The Morgan fingerprint density at radius 3 is 2.79 bits per heavy atom. The molecular weight excluding hydrogens is 322 g/mol. The van der Waals surface area contributed by atoms with E-state index in [2.05, 4.69) is 10.6 Å². The second-order valence-electron chi connectivity index (χ2n) is 5.84. The van der Waals surface area contributed by atoms with E-state index in [9.17, 15) is 0 Å². The first-order chi connectivity index (χ1) is 11.6. The van der Waals surface area contributed by atoms with Gasteiger partial charge in [-0.15, -0.1) is 0 Å². The molecule has 0 fully saturated rings. The molecule has 2 aromatic heterocycles. The number of rotatable bonds is 3. The summed E-state index contributed by atoms with van der Waals surface area (Å²) in [5.41, 5.74) is 10.7. The Bertz CT molecular complexity index is 949. The molecule has 3 heterocycles. The van der Waals surface area contributed by atoms with Crippen LogP contribution < -0.4 is 15.2 Å². The summed E-state index contributed by atoms with van der Waals surface area (Å²) in [5, 5.41) is 0. The monoisotopic (exact) mass is 339 g/mol. The molecule has 1 aliphatic heterocycles. The first-order valence-corrected chi connectivity index (χ1v) is 8.18. The average molecular weight is 339 g/mol. The molecule has 122 valence electrons. The summed E-state index contributed by atoms with van der Waals surface area (Å²) < 4.78 is 13.3. The summed E-state index contributed by atoms with van der Waals surface area (Å²) in [6, 6.07) is 9.92. The van der Waals surface area contributed by atoms with Crippen molar-refractivity contribution in [3.8, 4) is 22.8 Å². The maximum Gasteiger partial charge on any atom is 0.162 e. The first kappa shape index (κ1) is 15.0. The Kier molecular flexibility index (Phi) is 3.61. The first-order valence-electron chi connectivity index (χ1n) is 7.78. The molecule has 3 aromatic rings. The lowest BCUT2D eigenvalue weighted by Gasteiger charge is -2.18. The highest BCUT2D eigenvalue weighted by Gasteiger charge is 2.18. The molecule has 0 atom stereocenters. The number of fused-ring (bicyclic) bond motifs is 2. The summed E-state index contributed by atoms with van der Waals surface area (Å²) in [4.78, 5) is 5.22. The number of hydrogen-bond donors (Lipinski definition) is 1. The minimum atomic E-state index is 0.442. The lowest BCUT2D eigenvalue weighted by Crippen LogP contribution is -2.15. The van der Waals surface area contributed by atoms with Crippen LogP contribution in [0.2, 0.25) is 0 Å². The third kappa shape index (κ3) is 2.59. The largest absolute Gasteiger partial charge is 0.486 e. The third-order valence-corrected chi connectivity index (χ3v) is 4.17. The van der Waals surface area contributed by atoms with Crippen molar-refractivity contribution in [2.75, 3.05) is 13.2 Å². The Hall–Kier alpha value is -2.60. The number of nitrogens with zero attached hydrogens (tertiary/aromatic N) is 2. The van der Waals surface area contributed by atoms with Crippen LogP contribution in [0.4, 0.5) is 0 Å². The van der Waals surface area contributed by atoms with Crippen LogP contribution in [-0.4, -0.2) is 27.6 Å². The van der Waals surface area contributed by atoms with Crippen LogP contribution in [0, 0.1) is 6.92 Å². The van der Waals surface area contributed by atoms with E-state index >= 15 is 0 Å². The lowest BCUT2D eigenvalue weighted by atomic mass is 10.1. The van der Waals surface area contributed by atoms with E-state index in [1.165, 1.54) is 0 Å². The molecule has 6 heteroatoms. The molecule has 0 aliphatic carbocycles. The predicted molar refractivity (Wildman–Crippen MR) is 96.8 cm³/mol. The smallest absolute Gasteiger partial charge is 0.162 e. The number of benzene rings is 1. The quantitative estimate of drug-likeness (QED) is 0.744. The molecule has 2 N–H and O–H groups in total. The van der Waals surface area contributed by atoms with E-state index in [-0.39, 0.29) is 0 Å². The van der Waals surface area contributed by atoms with Gasteiger partial charge in [-0.25, -0.2) is 4.98 Å². The number of nitrogens with two attached hydrogens (primary N) is 1. The molecule has 0 unspecified atom stereocenters. The maximum absolute atomic E-state index is 5.82. The van der Waals surface area contributed by atoms with Crippen molar-refractivity contribution >= 4 is 22.9 Å². The minimum absolute atomic E-state index is 0.442. The number of pyridine rings is 1. The molecule has 1 aliphatic rings. The van der Waals surface area contributed by atoms with Gasteiger partial charge in [0.25, 0.3) is 0 Å². The van der Waals surface area contributed by atoms with E-state index in [0.29, 0.717) is 24.6 Å². The Morgan fingerprint density at radius 1 is 1.21 bits per heavy atom. The Balaban J connectivity index is 1.90. The van der Waals surface area contributed by atoms with Crippen LogP contribution in [0.1, 0.15) is 11.3 Å². The van der Waals surface area contributed by atoms with Crippen LogP contribution in [0.15, 0.2) is 36.5 Å². The van der Waals surface area contributed by atoms with Gasteiger partial charge in [0.15, 0.2) is 11.5 Å². The molecule has 0 saturated carbocycles. The topological polar surface area (TPSA) is 61.8 Å². The highest BCUT2D eigenvalue weighted by Crippen LogP contribution is 2.35. The predicted octanol–water partition coefficient (Wildman–Crippen LogP) is 2.91. The van der Waals surface area contributed by atoms with E-state index < -0.39 is 0 Å². The number of ether oxygens (including phenoxy) is 2. The molecule has 0 amide bonds. The molecule has 5 nitrogen and oxygen atoms in total. The van der Waals surface area contributed by atoms with Crippen molar-refractivity contribution in [1.29, 1.82) is 0 Å². The summed E-state index contributed by atoms with van der Waals surface area (Å²) in [6.07, 6.45) is 2.54. The fourth-order valence-electron chi connectivity index (χ4n) is 2.96. The number of thiocarbonyl (C=S) groups is 1. The fourth-order valence-corrected chi connectivity index (χ4v) is 3.09. The average Bonchev–Trinajstić information content (AvgIpc) is 2.92. The molecule has 0 radical (unpaired) electrons. The van der Waals surface area contributed by atoms with Crippen molar-refractivity contribution in [2.45, 2.75) is 13.3 Å². The van der Waals surface area contributed by atoms with Crippen molar-refractivity contribution in [3.05, 3.63) is 47.8 Å². The van der Waals surface area contributed by atoms with Crippen molar-refractivity contribution in [3.63, 3.8) is 0 Å². The Labute approximate surface area is 145 Å². The number of hydrogen-bond acceptors (Lipinski definition) is 4. The molecule has 24 heavy (non-hydrogen) atoms. The maximum atomic E-state index is 5.82. The van der Waals surface area contributed by atoms with Gasteiger partial charge in [-0.1, -0.05) is 18.3 Å². The van der Waals surface area contributed by atoms with E-state index in [4.69, 9.17) is 32.4 Å². The molecule has 0 spiro atoms. The molecule has 4 rings (SSSR count). The normalized spacial score (nSPS) is 13.2. The Morgan fingerprint density at radius 2 is 2.00 bits per heavy atom. The van der Waals surface area contributed by atoms with Crippen LogP contribution in [0.5, 0.6) is 11.5 Å². The zero-order valence-electron chi connectivity index (χ0n) is 13.3. The summed E-state index contributed by atoms with van der Waals surface area (Å²) >= 11 is 5.14. The van der Waals surface area contributed by atoms with Crippen molar-refractivity contribution in [2.24, 2.45) is 5.73 Å². The van der Waals surface area contributed by atoms with Gasteiger partial charge in [-0.3, -0.25) is 0 Å². The van der Waals surface area contributed by atoms with Crippen LogP contribution in [0.3, 0.4) is 0 Å². The summed E-state index contributed by atoms with van der Waals surface area (Å²) in [5.74, 6) is 1.51. The third-order valence-electron chi connectivity index (χ3n) is 4.02. The summed E-state index contributed by atoms with van der Waals surface area (Å²) in [6.45, 7) is 3.18. The van der Waals surface area contributed by atoms with Gasteiger partial charge < -0.3 is 19.6 Å². The number of imidazole rings is 1. The number of aromatic nitrogens is 2. The van der Waals surface area contributed by atoms with Gasteiger partial charge in [-0.05, 0) is 36.8 Å². The second kappa shape index (κ2) is 5.79. The highest BCUT2D eigenvalue weighted by atomic mass is 32.1. The minimum Gasteiger partial charge on any atom is -0.486 e.